The van der Waals surface area contributed by atoms with Gasteiger partial charge in [-0.25, -0.2) is 0 Å². The predicted octanol–water partition coefficient (Wildman–Crippen LogP) is 2.67. The smallest absolute Gasteiger partial charge is 0.0863 e. The van der Waals surface area contributed by atoms with Crippen LogP contribution in [0.3, 0.4) is 0 Å². The van der Waals surface area contributed by atoms with Crippen molar-refractivity contribution in [1.29, 1.82) is 0 Å². The normalized spacial score (nSPS) is 12.7. The summed E-state index contributed by atoms with van der Waals surface area (Å²) in [5, 5.41) is 15.2. The first-order chi connectivity index (χ1) is 8.90. The van der Waals surface area contributed by atoms with E-state index in [1.165, 1.54) is 0 Å². The molecule has 5 heteroatoms. The number of aromatic nitrogens is 3. The summed E-state index contributed by atoms with van der Waals surface area (Å²) in [4.78, 5) is 4.37. The summed E-state index contributed by atoms with van der Waals surface area (Å²) in [5.74, 6) is 0. The molecule has 0 aliphatic heterocycles. The number of aliphatic hydroxyl groups excluding tert-OH is 1. The summed E-state index contributed by atoms with van der Waals surface area (Å²) in [7, 11) is 1.83. The molecule has 4 nitrogen and oxygen atoms in total. The Hall–Kier alpha value is -1.39. The molecular weight excluding hydrogens is 262 g/mol. The number of aliphatic hydroxyl groups is 1. The highest BCUT2D eigenvalue weighted by Crippen LogP contribution is 2.26. The molecule has 2 rings (SSSR count). The molecule has 0 aliphatic carbocycles. The van der Waals surface area contributed by atoms with Crippen molar-refractivity contribution in [3.05, 3.63) is 45.5 Å². The molecule has 1 unspecified atom stereocenters. The molecule has 0 fully saturated rings. The lowest BCUT2D eigenvalue weighted by molar-refractivity contribution is 0.174. The van der Waals surface area contributed by atoms with E-state index in [2.05, 4.69) is 10.1 Å². The Bertz CT molecular complexity index is 607. The Morgan fingerprint density at radius 3 is 2.47 bits per heavy atom. The topological polar surface area (TPSA) is 50.9 Å². The predicted molar refractivity (Wildman–Crippen MR) is 75.3 cm³/mol. The molecule has 0 aromatic carbocycles. The van der Waals surface area contributed by atoms with E-state index >= 15 is 0 Å². The molecule has 0 radical (unpaired) electrons. The van der Waals surface area contributed by atoms with Crippen LogP contribution in [-0.2, 0) is 13.5 Å². The molecule has 0 saturated heterocycles. The van der Waals surface area contributed by atoms with Gasteiger partial charge >= 0.3 is 0 Å². The number of nitrogens with zero attached hydrogens (tertiary/aromatic N) is 3. The molecule has 0 spiro atoms. The van der Waals surface area contributed by atoms with Gasteiger partial charge in [-0.3, -0.25) is 9.67 Å². The molecule has 1 N–H and O–H groups in total. The molecule has 0 bridgehead atoms. The van der Waals surface area contributed by atoms with Crippen LogP contribution >= 0.6 is 11.6 Å². The molecule has 2 aromatic heterocycles. The van der Waals surface area contributed by atoms with Crippen LogP contribution < -0.4 is 0 Å². The van der Waals surface area contributed by atoms with Crippen LogP contribution in [0.1, 0.15) is 34.4 Å². The van der Waals surface area contributed by atoms with E-state index < -0.39 is 6.10 Å². The lowest BCUT2D eigenvalue weighted by Gasteiger charge is -2.14. The number of rotatable bonds is 3. The van der Waals surface area contributed by atoms with Crippen LogP contribution in [0.4, 0.5) is 0 Å². The van der Waals surface area contributed by atoms with Gasteiger partial charge in [-0.15, -0.1) is 0 Å². The molecule has 0 saturated carbocycles. The summed E-state index contributed by atoms with van der Waals surface area (Å²) in [6.07, 6.45) is -0.192. The van der Waals surface area contributed by atoms with Gasteiger partial charge in [0.15, 0.2) is 0 Å². The van der Waals surface area contributed by atoms with Gasteiger partial charge in [0, 0.05) is 30.4 Å². The van der Waals surface area contributed by atoms with Crippen LogP contribution in [-0.4, -0.2) is 19.9 Å². The van der Waals surface area contributed by atoms with Crippen LogP contribution in [0.25, 0.3) is 0 Å². The highest BCUT2D eigenvalue weighted by atomic mass is 35.5. The third-order valence-corrected chi connectivity index (χ3v) is 3.76. The minimum Gasteiger partial charge on any atom is -0.388 e. The minimum absolute atomic E-state index is 0.432. The van der Waals surface area contributed by atoms with Crippen molar-refractivity contribution < 1.29 is 5.11 Å². The van der Waals surface area contributed by atoms with Crippen molar-refractivity contribution in [1.82, 2.24) is 14.8 Å². The molecule has 1 atom stereocenters. The van der Waals surface area contributed by atoms with E-state index in [1.807, 2.05) is 40.0 Å². The van der Waals surface area contributed by atoms with Crippen LogP contribution in [0.2, 0.25) is 5.02 Å². The maximum Gasteiger partial charge on any atom is 0.0863 e. The second kappa shape index (κ2) is 5.31. The van der Waals surface area contributed by atoms with Gasteiger partial charge in [0.2, 0.25) is 0 Å². The van der Waals surface area contributed by atoms with Crippen molar-refractivity contribution in [2.75, 3.05) is 0 Å². The summed E-state index contributed by atoms with van der Waals surface area (Å²) >= 11 is 6.20. The van der Waals surface area contributed by atoms with Crippen molar-refractivity contribution in [3.63, 3.8) is 0 Å². The molecule has 102 valence electrons. The van der Waals surface area contributed by atoms with E-state index in [-0.39, 0.29) is 0 Å². The number of halogens is 1. The first kappa shape index (κ1) is 14.0. The molecule has 2 heterocycles. The SMILES string of the molecule is Cc1ccc(C(O)Cc2c(Cl)c(C)nn2C)c(C)n1. The minimum atomic E-state index is -0.625. The standard InChI is InChI=1S/C14H18ClN3O/c1-8-5-6-11(9(2)16-8)13(19)7-12-14(15)10(3)17-18(12)4/h5-6,13,19H,7H2,1-4H3. The molecular formula is C14H18ClN3O. The quantitative estimate of drug-likeness (QED) is 0.940. The third-order valence-electron chi connectivity index (χ3n) is 3.27. The third kappa shape index (κ3) is 2.80. The monoisotopic (exact) mass is 279 g/mol. The van der Waals surface area contributed by atoms with Crippen LogP contribution in [0, 0.1) is 20.8 Å². The van der Waals surface area contributed by atoms with Crippen molar-refractivity contribution in [2.45, 2.75) is 33.3 Å². The highest BCUT2D eigenvalue weighted by Gasteiger charge is 2.18. The zero-order chi connectivity index (χ0) is 14.2. The van der Waals surface area contributed by atoms with Crippen molar-refractivity contribution in [2.24, 2.45) is 7.05 Å². The Kier molecular flexibility index (Phi) is 3.92. The van der Waals surface area contributed by atoms with E-state index in [4.69, 9.17) is 11.6 Å². The second-order valence-electron chi connectivity index (χ2n) is 4.82. The van der Waals surface area contributed by atoms with Gasteiger partial charge in [0.1, 0.15) is 0 Å². The number of hydrogen-bond donors (Lipinski definition) is 1. The van der Waals surface area contributed by atoms with E-state index in [0.717, 1.165) is 28.3 Å². The summed E-state index contributed by atoms with van der Waals surface area (Å²) < 4.78 is 1.72. The fourth-order valence-corrected chi connectivity index (χ4v) is 2.48. The first-order valence-electron chi connectivity index (χ1n) is 6.20. The van der Waals surface area contributed by atoms with Crippen LogP contribution in [0.15, 0.2) is 12.1 Å². The maximum absolute atomic E-state index is 10.4. The summed E-state index contributed by atoms with van der Waals surface area (Å²) in [6, 6.07) is 3.82. The number of aryl methyl sites for hydroxylation is 4. The van der Waals surface area contributed by atoms with Gasteiger partial charge in [0.25, 0.3) is 0 Å². The van der Waals surface area contributed by atoms with Crippen molar-refractivity contribution in [3.8, 4) is 0 Å². The molecule has 0 aliphatic rings. The maximum atomic E-state index is 10.4. The van der Waals surface area contributed by atoms with Crippen LogP contribution in [0.5, 0.6) is 0 Å². The van der Waals surface area contributed by atoms with Crippen molar-refractivity contribution >= 4 is 11.6 Å². The molecule has 19 heavy (non-hydrogen) atoms. The van der Waals surface area contributed by atoms with Gasteiger partial charge in [0.05, 0.1) is 22.5 Å². The Morgan fingerprint density at radius 2 is 1.95 bits per heavy atom. The Balaban J connectivity index is 2.28. The van der Waals surface area contributed by atoms with E-state index in [1.54, 1.807) is 4.68 Å². The Morgan fingerprint density at radius 1 is 1.26 bits per heavy atom. The summed E-state index contributed by atoms with van der Waals surface area (Å²) in [5.41, 5.74) is 4.25. The molecule has 0 amide bonds. The fraction of sp³-hybridized carbons (Fsp3) is 0.429. The van der Waals surface area contributed by atoms with E-state index in [0.29, 0.717) is 11.4 Å². The van der Waals surface area contributed by atoms with E-state index in [9.17, 15) is 5.11 Å². The first-order valence-corrected chi connectivity index (χ1v) is 6.58. The van der Waals surface area contributed by atoms with Gasteiger partial charge in [-0.05, 0) is 26.8 Å². The fourth-order valence-electron chi connectivity index (χ4n) is 2.24. The Labute approximate surface area is 118 Å². The largest absolute Gasteiger partial charge is 0.388 e. The lowest BCUT2D eigenvalue weighted by atomic mass is 10.0. The second-order valence-corrected chi connectivity index (χ2v) is 5.19. The average Bonchev–Trinajstić information content (AvgIpc) is 2.56. The average molecular weight is 280 g/mol. The lowest BCUT2D eigenvalue weighted by Crippen LogP contribution is -2.09. The summed E-state index contributed by atoms with van der Waals surface area (Å²) in [6.45, 7) is 5.70. The number of hydrogen-bond acceptors (Lipinski definition) is 3. The zero-order valence-electron chi connectivity index (χ0n) is 11.6. The molecule has 2 aromatic rings. The van der Waals surface area contributed by atoms with Gasteiger partial charge in [-0.1, -0.05) is 17.7 Å². The van der Waals surface area contributed by atoms with Gasteiger partial charge in [-0.2, -0.15) is 5.10 Å². The van der Waals surface area contributed by atoms with Gasteiger partial charge < -0.3 is 5.11 Å². The zero-order valence-corrected chi connectivity index (χ0v) is 12.4. The number of pyridine rings is 1. The highest BCUT2D eigenvalue weighted by molar-refractivity contribution is 6.31.